The predicted molar refractivity (Wildman–Crippen MR) is 88.2 cm³/mol. The molecule has 0 radical (unpaired) electrons. The van der Waals surface area contributed by atoms with E-state index in [1.165, 1.54) is 0 Å². The lowest BCUT2D eigenvalue weighted by molar-refractivity contribution is 0.975. The van der Waals surface area contributed by atoms with Gasteiger partial charge in [-0.25, -0.2) is 0 Å². The number of rotatable bonds is 5. The third-order valence-electron chi connectivity index (χ3n) is 3.28. The average molecular weight is 291 g/mol. The second-order valence-corrected chi connectivity index (χ2v) is 4.81. The highest BCUT2D eigenvalue weighted by atomic mass is 15.2. The van der Waals surface area contributed by atoms with Crippen LogP contribution in [0.4, 0.5) is 5.82 Å². The van der Waals surface area contributed by atoms with E-state index in [9.17, 15) is 0 Å². The molecule has 2 aromatic heterocycles. The molecule has 3 N–H and O–H groups in total. The highest BCUT2D eigenvalue weighted by molar-refractivity contribution is 5.81. The number of nitrogens with one attached hydrogen (secondary N) is 1. The molecule has 0 spiro atoms. The van der Waals surface area contributed by atoms with Gasteiger partial charge in [-0.2, -0.15) is 0 Å². The quantitative estimate of drug-likeness (QED) is 0.755. The summed E-state index contributed by atoms with van der Waals surface area (Å²) in [6, 6.07) is 16.0. The number of aromatic nitrogens is 3. The fourth-order valence-corrected chi connectivity index (χ4v) is 2.24. The third-order valence-corrected chi connectivity index (χ3v) is 3.28. The number of anilines is 1. The summed E-state index contributed by atoms with van der Waals surface area (Å²) in [5.74, 6) is 0.724. The van der Waals surface area contributed by atoms with Gasteiger partial charge in [0.25, 0.3) is 0 Å². The second-order valence-electron chi connectivity index (χ2n) is 4.81. The maximum atomic E-state index is 5.53. The Morgan fingerprint density at radius 3 is 2.41 bits per heavy atom. The van der Waals surface area contributed by atoms with E-state index in [0.29, 0.717) is 13.1 Å². The molecule has 110 valence electrons. The van der Waals surface area contributed by atoms with Crippen molar-refractivity contribution in [3.63, 3.8) is 0 Å². The van der Waals surface area contributed by atoms with E-state index in [1.807, 2.05) is 36.4 Å². The van der Waals surface area contributed by atoms with Crippen molar-refractivity contribution >= 4 is 5.82 Å². The Morgan fingerprint density at radius 2 is 1.68 bits per heavy atom. The first-order valence-corrected chi connectivity index (χ1v) is 7.16. The van der Waals surface area contributed by atoms with E-state index in [1.54, 1.807) is 12.4 Å². The van der Waals surface area contributed by atoms with Crippen molar-refractivity contribution in [2.24, 2.45) is 5.73 Å². The first-order chi connectivity index (χ1) is 10.9. The molecule has 0 atom stereocenters. The Morgan fingerprint density at radius 1 is 0.909 bits per heavy atom. The lowest BCUT2D eigenvalue weighted by atomic mass is 10.0. The normalized spacial score (nSPS) is 10.4. The molecule has 5 nitrogen and oxygen atoms in total. The van der Waals surface area contributed by atoms with Crippen LogP contribution >= 0.6 is 0 Å². The van der Waals surface area contributed by atoms with Crippen LogP contribution < -0.4 is 11.1 Å². The summed E-state index contributed by atoms with van der Waals surface area (Å²) in [6.45, 7) is 1.21. The van der Waals surface area contributed by atoms with Gasteiger partial charge in [0.2, 0.25) is 0 Å². The number of hydrogen-bond acceptors (Lipinski definition) is 5. The minimum absolute atomic E-state index is 0.550. The predicted octanol–water partition coefficient (Wildman–Crippen LogP) is 2.58. The van der Waals surface area contributed by atoms with Crippen molar-refractivity contribution in [1.29, 1.82) is 0 Å². The summed E-state index contributed by atoms with van der Waals surface area (Å²) in [6.07, 6.45) is 3.51. The highest BCUT2D eigenvalue weighted by Crippen LogP contribution is 2.30. The highest BCUT2D eigenvalue weighted by Gasteiger charge is 2.11. The largest absolute Gasteiger partial charge is 0.367 e. The first-order valence-electron chi connectivity index (χ1n) is 7.16. The summed E-state index contributed by atoms with van der Waals surface area (Å²) in [5, 5.41) is 11.8. The van der Waals surface area contributed by atoms with Gasteiger partial charge in [0.05, 0.1) is 0 Å². The molecule has 0 amide bonds. The van der Waals surface area contributed by atoms with Crippen LogP contribution in [0.2, 0.25) is 0 Å². The fourth-order valence-electron chi connectivity index (χ4n) is 2.24. The van der Waals surface area contributed by atoms with Gasteiger partial charge in [-0.05, 0) is 23.8 Å². The molecule has 5 heteroatoms. The summed E-state index contributed by atoms with van der Waals surface area (Å²) < 4.78 is 0. The van der Waals surface area contributed by atoms with Crippen molar-refractivity contribution in [3.05, 3.63) is 60.9 Å². The van der Waals surface area contributed by atoms with E-state index < -0.39 is 0 Å². The number of hydrogen-bond donors (Lipinski definition) is 2. The van der Waals surface area contributed by atoms with Gasteiger partial charge in [-0.15, -0.1) is 10.2 Å². The number of benzene rings is 1. The van der Waals surface area contributed by atoms with Gasteiger partial charge in [-0.3, -0.25) is 4.98 Å². The van der Waals surface area contributed by atoms with E-state index in [4.69, 9.17) is 5.73 Å². The molecule has 0 aliphatic rings. The zero-order valence-electron chi connectivity index (χ0n) is 12.1. The Balaban J connectivity index is 2.09. The van der Waals surface area contributed by atoms with Gasteiger partial charge >= 0.3 is 0 Å². The smallest absolute Gasteiger partial charge is 0.149 e. The van der Waals surface area contributed by atoms with E-state index in [0.717, 1.165) is 28.2 Å². The molecular weight excluding hydrogens is 274 g/mol. The van der Waals surface area contributed by atoms with Crippen LogP contribution in [0, 0.1) is 0 Å². The Hall–Kier alpha value is -2.79. The lowest BCUT2D eigenvalue weighted by Crippen LogP contribution is -2.14. The molecule has 3 rings (SSSR count). The minimum Gasteiger partial charge on any atom is -0.367 e. The molecule has 0 saturated heterocycles. The molecular formula is C17H17N5. The van der Waals surface area contributed by atoms with Crippen LogP contribution in [0.15, 0.2) is 60.9 Å². The van der Waals surface area contributed by atoms with Crippen LogP contribution in [0.25, 0.3) is 22.4 Å². The molecule has 0 unspecified atom stereocenters. The lowest BCUT2D eigenvalue weighted by Gasteiger charge is -2.11. The van der Waals surface area contributed by atoms with Crippen molar-refractivity contribution in [1.82, 2.24) is 15.2 Å². The summed E-state index contributed by atoms with van der Waals surface area (Å²) in [5.41, 5.74) is 9.49. The van der Waals surface area contributed by atoms with Crippen LogP contribution in [0.3, 0.4) is 0 Å². The molecule has 0 bridgehead atoms. The topological polar surface area (TPSA) is 76.7 Å². The molecule has 0 fully saturated rings. The minimum atomic E-state index is 0.550. The molecule has 2 heterocycles. The number of pyridine rings is 1. The maximum Gasteiger partial charge on any atom is 0.149 e. The van der Waals surface area contributed by atoms with Crippen molar-refractivity contribution in [2.75, 3.05) is 18.4 Å². The van der Waals surface area contributed by atoms with Gasteiger partial charge in [0.15, 0.2) is 0 Å². The molecule has 0 aliphatic carbocycles. The van der Waals surface area contributed by atoms with Gasteiger partial charge < -0.3 is 11.1 Å². The molecule has 0 saturated carbocycles. The fraction of sp³-hybridized carbons (Fsp3) is 0.118. The molecule has 3 aromatic rings. The van der Waals surface area contributed by atoms with E-state index >= 15 is 0 Å². The second kappa shape index (κ2) is 6.78. The average Bonchev–Trinajstić information content (AvgIpc) is 2.61. The van der Waals surface area contributed by atoms with Crippen LogP contribution in [-0.2, 0) is 0 Å². The Bertz CT molecular complexity index is 729. The number of nitrogens with two attached hydrogens (primary N) is 1. The first kappa shape index (κ1) is 14.2. The van der Waals surface area contributed by atoms with Crippen LogP contribution in [0.1, 0.15) is 0 Å². The van der Waals surface area contributed by atoms with Crippen LogP contribution in [-0.4, -0.2) is 28.3 Å². The third kappa shape index (κ3) is 3.10. The van der Waals surface area contributed by atoms with E-state index in [-0.39, 0.29) is 0 Å². The zero-order chi connectivity index (χ0) is 15.2. The Kier molecular flexibility index (Phi) is 4.36. The van der Waals surface area contributed by atoms with Gasteiger partial charge in [-0.1, -0.05) is 30.3 Å². The standard InChI is InChI=1S/C17H17N5/c18-8-11-20-16-12-15(13-4-2-1-3-5-13)17(22-21-16)14-6-9-19-10-7-14/h1-7,9-10,12H,8,11,18H2,(H,20,21). The summed E-state index contributed by atoms with van der Waals surface area (Å²) in [4.78, 5) is 4.06. The molecule has 1 aromatic carbocycles. The SMILES string of the molecule is NCCNc1cc(-c2ccccc2)c(-c2ccncc2)nn1. The van der Waals surface area contributed by atoms with Crippen molar-refractivity contribution < 1.29 is 0 Å². The van der Waals surface area contributed by atoms with Gasteiger partial charge in [0.1, 0.15) is 11.5 Å². The number of nitrogens with zero attached hydrogens (tertiary/aromatic N) is 3. The van der Waals surface area contributed by atoms with Gasteiger partial charge in [0, 0.05) is 36.6 Å². The summed E-state index contributed by atoms with van der Waals surface area (Å²) >= 11 is 0. The monoisotopic (exact) mass is 291 g/mol. The molecule has 22 heavy (non-hydrogen) atoms. The Labute approximate surface area is 129 Å². The van der Waals surface area contributed by atoms with Crippen molar-refractivity contribution in [2.45, 2.75) is 0 Å². The summed E-state index contributed by atoms with van der Waals surface area (Å²) in [7, 11) is 0. The zero-order valence-corrected chi connectivity index (χ0v) is 12.1. The van der Waals surface area contributed by atoms with Crippen molar-refractivity contribution in [3.8, 4) is 22.4 Å². The molecule has 0 aliphatic heterocycles. The maximum absolute atomic E-state index is 5.53. The van der Waals surface area contributed by atoms with Crippen LogP contribution in [0.5, 0.6) is 0 Å². The van der Waals surface area contributed by atoms with E-state index in [2.05, 4.69) is 32.6 Å².